The molecule has 0 aliphatic rings. The molecule has 1 aromatic rings. The van der Waals surface area contributed by atoms with Gasteiger partial charge in [0.1, 0.15) is 0 Å². The lowest BCUT2D eigenvalue weighted by Crippen LogP contribution is -2.42. The summed E-state index contributed by atoms with van der Waals surface area (Å²) in [6.45, 7) is 2.00. The van der Waals surface area contributed by atoms with E-state index in [0.717, 1.165) is 0 Å². The Morgan fingerprint density at radius 2 is 2.10 bits per heavy atom. The number of carbonyl (C=O) groups excluding carboxylic acids is 1. The lowest BCUT2D eigenvalue weighted by atomic mass is 10.1. The minimum Gasteiger partial charge on any atom is -0.478 e. The molecule has 0 aliphatic heterocycles. The van der Waals surface area contributed by atoms with E-state index in [4.69, 9.17) is 5.11 Å². The molecule has 0 saturated carbocycles. The maximum atomic E-state index is 11.6. The summed E-state index contributed by atoms with van der Waals surface area (Å²) in [6.07, 6.45) is 1.58. The number of carboxylic acid groups (broad SMARTS) is 1. The predicted molar refractivity (Wildman–Crippen MR) is 77.2 cm³/mol. The molecule has 2 amide bonds. The van der Waals surface area contributed by atoms with E-state index in [2.05, 4.69) is 10.6 Å². The van der Waals surface area contributed by atoms with Gasteiger partial charge in [0.05, 0.1) is 5.56 Å². The van der Waals surface area contributed by atoms with Gasteiger partial charge in [-0.3, -0.25) is 4.21 Å². The molecule has 1 rings (SSSR count). The predicted octanol–water partition coefficient (Wildman–Crippen LogP) is 0.951. The largest absolute Gasteiger partial charge is 0.478 e. The Hall–Kier alpha value is -1.89. The molecular weight excluding hydrogens is 280 g/mol. The van der Waals surface area contributed by atoms with Gasteiger partial charge in [-0.2, -0.15) is 0 Å². The Morgan fingerprint density at radius 1 is 1.40 bits per heavy atom. The molecule has 0 saturated heterocycles. The SMILES string of the molecule is CC(CS(C)=O)NC(=O)NCc1cccc(C(=O)O)c1. The van der Waals surface area contributed by atoms with Crippen LogP contribution < -0.4 is 10.6 Å². The van der Waals surface area contributed by atoms with Gasteiger partial charge >= 0.3 is 12.0 Å². The third-order valence-corrected chi connectivity index (χ3v) is 3.46. The number of rotatable bonds is 6. The summed E-state index contributed by atoms with van der Waals surface area (Å²) < 4.78 is 11.0. The first-order chi connectivity index (χ1) is 9.38. The quantitative estimate of drug-likeness (QED) is 0.728. The number of carboxylic acids is 1. The van der Waals surface area contributed by atoms with Crippen molar-refractivity contribution in [3.05, 3.63) is 35.4 Å². The van der Waals surface area contributed by atoms with E-state index in [1.165, 1.54) is 12.1 Å². The fourth-order valence-corrected chi connectivity index (χ4v) is 2.45. The molecule has 6 nitrogen and oxygen atoms in total. The number of benzene rings is 1. The highest BCUT2D eigenvalue weighted by molar-refractivity contribution is 7.84. The van der Waals surface area contributed by atoms with Crippen molar-refractivity contribution in [1.29, 1.82) is 0 Å². The molecule has 0 heterocycles. The first-order valence-corrected chi connectivity index (χ1v) is 7.78. The maximum absolute atomic E-state index is 11.6. The van der Waals surface area contributed by atoms with Gasteiger partial charge in [0.2, 0.25) is 0 Å². The number of aromatic carboxylic acids is 1. The van der Waals surface area contributed by atoms with Crippen LogP contribution in [0.25, 0.3) is 0 Å². The molecule has 0 fully saturated rings. The topological polar surface area (TPSA) is 95.5 Å². The smallest absolute Gasteiger partial charge is 0.335 e. The van der Waals surface area contributed by atoms with Crippen LogP contribution >= 0.6 is 0 Å². The number of urea groups is 1. The highest BCUT2D eigenvalue weighted by Crippen LogP contribution is 2.04. The van der Waals surface area contributed by atoms with Crippen LogP contribution in [0.1, 0.15) is 22.8 Å². The molecule has 7 heteroatoms. The molecule has 1 aromatic carbocycles. The normalized spacial score (nSPS) is 13.3. The van der Waals surface area contributed by atoms with Crippen LogP contribution in [0.4, 0.5) is 4.79 Å². The second-order valence-electron chi connectivity index (χ2n) is 4.47. The van der Waals surface area contributed by atoms with Crippen LogP contribution in [-0.4, -0.2) is 39.4 Å². The van der Waals surface area contributed by atoms with Crippen LogP contribution in [0, 0.1) is 0 Å². The van der Waals surface area contributed by atoms with Crippen molar-refractivity contribution < 1.29 is 18.9 Å². The molecule has 0 aliphatic carbocycles. The van der Waals surface area contributed by atoms with Crippen molar-refractivity contribution in [3.63, 3.8) is 0 Å². The zero-order valence-corrected chi connectivity index (χ0v) is 12.2. The van der Waals surface area contributed by atoms with E-state index in [9.17, 15) is 13.8 Å². The monoisotopic (exact) mass is 298 g/mol. The van der Waals surface area contributed by atoms with Crippen molar-refractivity contribution in [2.45, 2.75) is 19.5 Å². The molecule has 0 radical (unpaired) electrons. The van der Waals surface area contributed by atoms with Crippen molar-refractivity contribution >= 4 is 22.8 Å². The van der Waals surface area contributed by atoms with Crippen LogP contribution in [0.5, 0.6) is 0 Å². The zero-order chi connectivity index (χ0) is 15.1. The summed E-state index contributed by atoms with van der Waals surface area (Å²) in [4.78, 5) is 22.4. The van der Waals surface area contributed by atoms with Crippen LogP contribution in [-0.2, 0) is 17.3 Å². The Bertz CT molecular complexity index is 519. The first-order valence-electron chi connectivity index (χ1n) is 6.05. The zero-order valence-electron chi connectivity index (χ0n) is 11.4. The van der Waals surface area contributed by atoms with Crippen molar-refractivity contribution in [2.24, 2.45) is 0 Å². The van der Waals surface area contributed by atoms with Crippen molar-refractivity contribution in [2.75, 3.05) is 12.0 Å². The van der Waals surface area contributed by atoms with Crippen LogP contribution in [0.15, 0.2) is 24.3 Å². The van der Waals surface area contributed by atoms with E-state index in [1.807, 2.05) is 0 Å². The molecule has 20 heavy (non-hydrogen) atoms. The summed E-state index contributed by atoms with van der Waals surface area (Å²) in [7, 11) is -0.968. The number of hydrogen-bond acceptors (Lipinski definition) is 3. The molecule has 0 bridgehead atoms. The van der Waals surface area contributed by atoms with Gasteiger partial charge in [-0.15, -0.1) is 0 Å². The minimum atomic E-state index is -1.00. The molecule has 0 spiro atoms. The Balaban J connectivity index is 2.46. The molecule has 2 unspecified atom stereocenters. The van der Waals surface area contributed by atoms with Crippen LogP contribution in [0.2, 0.25) is 0 Å². The molecule has 0 aromatic heterocycles. The number of hydrogen-bond donors (Lipinski definition) is 3. The molecule has 110 valence electrons. The average molecular weight is 298 g/mol. The second kappa shape index (κ2) is 7.64. The van der Waals surface area contributed by atoms with E-state index >= 15 is 0 Å². The van der Waals surface area contributed by atoms with Gasteiger partial charge in [0.25, 0.3) is 0 Å². The minimum absolute atomic E-state index is 0.180. The van der Waals surface area contributed by atoms with Gasteiger partial charge in [0.15, 0.2) is 0 Å². The lowest BCUT2D eigenvalue weighted by molar-refractivity contribution is 0.0696. The van der Waals surface area contributed by atoms with Gasteiger partial charge in [-0.25, -0.2) is 9.59 Å². The summed E-state index contributed by atoms with van der Waals surface area (Å²) in [5.41, 5.74) is 0.881. The summed E-state index contributed by atoms with van der Waals surface area (Å²) >= 11 is 0. The molecular formula is C13H18N2O4S. The number of nitrogens with one attached hydrogen (secondary N) is 2. The standard InChI is InChI=1S/C13H18N2O4S/c1-9(8-20(2)19)15-13(18)14-7-10-4-3-5-11(6-10)12(16)17/h3-6,9H,7-8H2,1-2H3,(H,16,17)(H2,14,15,18). The fraction of sp³-hybridized carbons (Fsp3) is 0.385. The summed E-state index contributed by atoms with van der Waals surface area (Å²) in [6, 6.07) is 5.80. The maximum Gasteiger partial charge on any atom is 0.335 e. The van der Waals surface area contributed by atoms with E-state index < -0.39 is 16.8 Å². The van der Waals surface area contributed by atoms with Gasteiger partial charge in [-0.05, 0) is 24.6 Å². The third-order valence-electron chi connectivity index (χ3n) is 2.49. The number of amides is 2. The van der Waals surface area contributed by atoms with Gasteiger partial charge in [-0.1, -0.05) is 12.1 Å². The first kappa shape index (κ1) is 16.2. The van der Waals surface area contributed by atoms with Crippen LogP contribution in [0.3, 0.4) is 0 Å². The van der Waals surface area contributed by atoms with Crippen molar-refractivity contribution in [1.82, 2.24) is 10.6 Å². The second-order valence-corrected chi connectivity index (χ2v) is 5.95. The van der Waals surface area contributed by atoms with E-state index in [0.29, 0.717) is 11.3 Å². The average Bonchev–Trinajstić information content (AvgIpc) is 2.35. The Labute approximate surface area is 120 Å². The summed E-state index contributed by atoms with van der Waals surface area (Å²) in [5.74, 6) is -0.614. The highest BCUT2D eigenvalue weighted by atomic mass is 32.2. The Kier molecular flexibility index (Phi) is 6.17. The molecule has 2 atom stereocenters. The fourth-order valence-electron chi connectivity index (χ4n) is 1.67. The summed E-state index contributed by atoms with van der Waals surface area (Å²) in [5, 5.41) is 14.1. The van der Waals surface area contributed by atoms with Gasteiger partial charge in [0, 0.05) is 35.4 Å². The van der Waals surface area contributed by atoms with Gasteiger partial charge < -0.3 is 15.7 Å². The highest BCUT2D eigenvalue weighted by Gasteiger charge is 2.09. The number of carbonyl (C=O) groups is 2. The van der Waals surface area contributed by atoms with E-state index in [-0.39, 0.29) is 24.2 Å². The molecule has 3 N–H and O–H groups in total. The Morgan fingerprint density at radius 3 is 2.70 bits per heavy atom. The van der Waals surface area contributed by atoms with E-state index in [1.54, 1.807) is 25.3 Å². The third kappa shape index (κ3) is 5.83. The lowest BCUT2D eigenvalue weighted by Gasteiger charge is -2.13. The van der Waals surface area contributed by atoms with Crippen molar-refractivity contribution in [3.8, 4) is 0 Å².